The molecule has 1 aliphatic rings. The number of nitrogens with one attached hydrogen (secondary N) is 3. The Balaban J connectivity index is 1.24. The molecule has 4 rings (SSSR count). The van der Waals surface area contributed by atoms with E-state index in [0.29, 0.717) is 19.4 Å². The van der Waals surface area contributed by atoms with Crippen LogP contribution in [-0.2, 0) is 20.9 Å². The number of carbonyl (C=O) groups excluding carboxylic acids is 3. The van der Waals surface area contributed by atoms with E-state index in [0.717, 1.165) is 27.8 Å². The summed E-state index contributed by atoms with van der Waals surface area (Å²) in [6.45, 7) is 0.638. The molecule has 0 fully saturated rings. The SMILES string of the molecule is CNC(=O)[C@@H](CCCNC(=O)OCc1ccccc1)NC(=O)OCC1c2ccccc2-c2ccccc21. The summed E-state index contributed by atoms with van der Waals surface area (Å²) < 4.78 is 10.7. The zero-order valence-electron chi connectivity index (χ0n) is 20.7. The number of hydrogen-bond acceptors (Lipinski definition) is 5. The molecule has 0 spiro atoms. The highest BCUT2D eigenvalue weighted by Crippen LogP contribution is 2.44. The predicted octanol–water partition coefficient (Wildman–Crippen LogP) is 4.35. The summed E-state index contributed by atoms with van der Waals surface area (Å²) in [4.78, 5) is 36.9. The third-order valence-corrected chi connectivity index (χ3v) is 6.35. The Morgan fingerprint density at radius 2 is 1.43 bits per heavy atom. The molecule has 3 aromatic carbocycles. The number of rotatable bonds is 10. The Morgan fingerprint density at radius 1 is 0.811 bits per heavy atom. The minimum Gasteiger partial charge on any atom is -0.449 e. The van der Waals surface area contributed by atoms with Gasteiger partial charge in [-0.15, -0.1) is 0 Å². The van der Waals surface area contributed by atoms with Crippen LogP contribution in [0.3, 0.4) is 0 Å². The van der Waals surface area contributed by atoms with E-state index in [1.807, 2.05) is 66.7 Å². The fourth-order valence-electron chi connectivity index (χ4n) is 4.50. The normalized spacial score (nSPS) is 12.6. The van der Waals surface area contributed by atoms with E-state index in [-0.39, 0.29) is 25.0 Å². The molecule has 3 N–H and O–H groups in total. The van der Waals surface area contributed by atoms with Crippen LogP contribution in [0.5, 0.6) is 0 Å². The molecule has 0 saturated heterocycles. The first-order valence-electron chi connectivity index (χ1n) is 12.3. The Labute approximate surface area is 216 Å². The molecule has 0 aromatic heterocycles. The van der Waals surface area contributed by atoms with Gasteiger partial charge in [-0.1, -0.05) is 78.9 Å². The van der Waals surface area contributed by atoms with E-state index >= 15 is 0 Å². The lowest BCUT2D eigenvalue weighted by Gasteiger charge is -2.19. The van der Waals surface area contributed by atoms with E-state index < -0.39 is 18.2 Å². The molecule has 8 nitrogen and oxygen atoms in total. The van der Waals surface area contributed by atoms with Crippen molar-refractivity contribution in [3.63, 3.8) is 0 Å². The molecule has 0 unspecified atom stereocenters. The van der Waals surface area contributed by atoms with Crippen LogP contribution in [0.4, 0.5) is 9.59 Å². The zero-order valence-corrected chi connectivity index (χ0v) is 20.7. The number of carbonyl (C=O) groups is 3. The number of likely N-dealkylation sites (N-methyl/N-ethyl adjacent to an activating group) is 1. The van der Waals surface area contributed by atoms with E-state index in [9.17, 15) is 14.4 Å². The van der Waals surface area contributed by atoms with Gasteiger partial charge in [0.25, 0.3) is 0 Å². The van der Waals surface area contributed by atoms with Gasteiger partial charge in [0.05, 0.1) is 0 Å². The Kier molecular flexibility index (Phi) is 8.75. The first kappa shape index (κ1) is 25.8. The van der Waals surface area contributed by atoms with E-state index in [1.165, 1.54) is 7.05 Å². The minimum atomic E-state index is -0.789. The number of ether oxygens (including phenoxy) is 2. The lowest BCUT2D eigenvalue weighted by Crippen LogP contribution is -2.46. The minimum absolute atomic E-state index is 0.0669. The largest absolute Gasteiger partial charge is 0.449 e. The summed E-state index contributed by atoms with van der Waals surface area (Å²) in [5, 5.41) is 7.88. The van der Waals surface area contributed by atoms with Gasteiger partial charge in [0.15, 0.2) is 0 Å². The van der Waals surface area contributed by atoms with Crippen molar-refractivity contribution < 1.29 is 23.9 Å². The predicted molar refractivity (Wildman–Crippen MR) is 140 cm³/mol. The molecule has 8 heteroatoms. The van der Waals surface area contributed by atoms with Gasteiger partial charge >= 0.3 is 12.2 Å². The molecule has 0 saturated carbocycles. The second kappa shape index (κ2) is 12.6. The highest BCUT2D eigenvalue weighted by molar-refractivity contribution is 5.85. The van der Waals surface area contributed by atoms with Crippen LogP contribution in [0.1, 0.15) is 35.4 Å². The lowest BCUT2D eigenvalue weighted by molar-refractivity contribution is -0.122. The monoisotopic (exact) mass is 501 g/mol. The van der Waals surface area contributed by atoms with E-state index in [1.54, 1.807) is 0 Å². The van der Waals surface area contributed by atoms with Gasteiger partial charge in [0, 0.05) is 19.5 Å². The molecule has 192 valence electrons. The summed E-state index contributed by atoms with van der Waals surface area (Å²) in [6.07, 6.45) is -0.416. The zero-order chi connectivity index (χ0) is 26.0. The van der Waals surface area contributed by atoms with Gasteiger partial charge in [0.2, 0.25) is 5.91 Å². The number of amides is 3. The van der Waals surface area contributed by atoms with Crippen molar-refractivity contribution in [2.45, 2.75) is 31.4 Å². The van der Waals surface area contributed by atoms with Crippen molar-refractivity contribution in [2.75, 3.05) is 20.2 Å². The molecular weight excluding hydrogens is 470 g/mol. The second-order valence-electron chi connectivity index (χ2n) is 8.77. The first-order valence-corrected chi connectivity index (χ1v) is 12.3. The van der Waals surface area contributed by atoms with Crippen molar-refractivity contribution in [1.82, 2.24) is 16.0 Å². The Hall–Kier alpha value is -4.33. The second-order valence-corrected chi connectivity index (χ2v) is 8.77. The van der Waals surface area contributed by atoms with Crippen LogP contribution in [0.2, 0.25) is 0 Å². The van der Waals surface area contributed by atoms with Crippen LogP contribution >= 0.6 is 0 Å². The topological polar surface area (TPSA) is 106 Å². The Bertz CT molecular complexity index is 1190. The molecule has 37 heavy (non-hydrogen) atoms. The van der Waals surface area contributed by atoms with Gasteiger partial charge in [-0.25, -0.2) is 9.59 Å². The molecule has 0 radical (unpaired) electrons. The van der Waals surface area contributed by atoms with Crippen molar-refractivity contribution in [3.8, 4) is 11.1 Å². The highest BCUT2D eigenvalue weighted by atomic mass is 16.6. The number of fused-ring (bicyclic) bond motifs is 3. The number of alkyl carbamates (subject to hydrolysis) is 2. The fourth-order valence-corrected chi connectivity index (χ4v) is 4.50. The summed E-state index contributed by atoms with van der Waals surface area (Å²) in [7, 11) is 1.51. The quantitative estimate of drug-likeness (QED) is 0.358. The van der Waals surface area contributed by atoms with Crippen molar-refractivity contribution in [3.05, 3.63) is 95.6 Å². The van der Waals surface area contributed by atoms with Gasteiger partial charge in [-0.3, -0.25) is 4.79 Å². The summed E-state index contributed by atoms with van der Waals surface area (Å²) in [5.41, 5.74) is 5.41. The maximum absolute atomic E-state index is 12.6. The standard InChI is InChI=1S/C29H31N3O5/c1-30-27(33)26(16-9-17-31-28(34)36-18-20-10-3-2-4-11-20)32-29(35)37-19-25-23-14-7-5-12-21(23)22-13-6-8-15-24(22)25/h2-8,10-15,25-26H,9,16-19H2,1H3,(H,30,33)(H,31,34)(H,32,35)/t26-/m1/s1. The smallest absolute Gasteiger partial charge is 0.407 e. The summed E-state index contributed by atoms with van der Waals surface area (Å²) >= 11 is 0. The molecule has 0 heterocycles. The van der Waals surface area contributed by atoms with Crippen LogP contribution in [0.25, 0.3) is 11.1 Å². The molecular formula is C29H31N3O5. The van der Waals surface area contributed by atoms with Crippen LogP contribution in [0, 0.1) is 0 Å². The highest BCUT2D eigenvalue weighted by Gasteiger charge is 2.29. The fraction of sp³-hybridized carbons (Fsp3) is 0.276. The third kappa shape index (κ3) is 6.67. The molecule has 3 amide bonds. The van der Waals surface area contributed by atoms with Crippen LogP contribution in [0.15, 0.2) is 78.9 Å². The van der Waals surface area contributed by atoms with E-state index in [2.05, 4.69) is 28.1 Å². The van der Waals surface area contributed by atoms with Crippen LogP contribution in [-0.4, -0.2) is 44.3 Å². The molecule has 1 aliphatic carbocycles. The van der Waals surface area contributed by atoms with Gasteiger partial charge in [-0.2, -0.15) is 0 Å². The summed E-state index contributed by atoms with van der Waals surface area (Å²) in [6, 6.07) is 24.8. The summed E-state index contributed by atoms with van der Waals surface area (Å²) in [5.74, 6) is -0.400. The van der Waals surface area contributed by atoms with Gasteiger partial charge < -0.3 is 25.4 Å². The van der Waals surface area contributed by atoms with Gasteiger partial charge in [-0.05, 0) is 40.7 Å². The third-order valence-electron chi connectivity index (χ3n) is 6.35. The molecule has 0 aliphatic heterocycles. The molecule has 3 aromatic rings. The molecule has 0 bridgehead atoms. The van der Waals surface area contributed by atoms with Crippen molar-refractivity contribution >= 4 is 18.1 Å². The maximum atomic E-state index is 12.6. The number of hydrogen-bond donors (Lipinski definition) is 3. The van der Waals surface area contributed by atoms with Crippen LogP contribution < -0.4 is 16.0 Å². The van der Waals surface area contributed by atoms with Crippen molar-refractivity contribution in [1.29, 1.82) is 0 Å². The average molecular weight is 502 g/mol. The molecule has 1 atom stereocenters. The first-order chi connectivity index (χ1) is 18.1. The van der Waals surface area contributed by atoms with Crippen molar-refractivity contribution in [2.24, 2.45) is 0 Å². The number of benzene rings is 3. The maximum Gasteiger partial charge on any atom is 0.407 e. The van der Waals surface area contributed by atoms with Gasteiger partial charge in [0.1, 0.15) is 19.3 Å². The Morgan fingerprint density at radius 3 is 2.08 bits per heavy atom. The van der Waals surface area contributed by atoms with E-state index in [4.69, 9.17) is 9.47 Å². The lowest BCUT2D eigenvalue weighted by atomic mass is 9.98. The average Bonchev–Trinajstić information content (AvgIpc) is 3.26.